The number of carbonyl (C=O) groups excluding carboxylic acids is 2. The molecule has 15 heavy (non-hydrogen) atoms. The summed E-state index contributed by atoms with van der Waals surface area (Å²) in [7, 11) is 1.34. The normalized spacial score (nSPS) is 12.5. The Kier molecular flexibility index (Phi) is 7.32. The van der Waals surface area contributed by atoms with E-state index in [-0.39, 0.29) is 18.0 Å². The van der Waals surface area contributed by atoms with E-state index < -0.39 is 0 Å². The van der Waals surface area contributed by atoms with Crippen molar-refractivity contribution in [2.45, 2.75) is 39.2 Å². The van der Waals surface area contributed by atoms with E-state index in [1.165, 1.54) is 20.1 Å². The Balaban J connectivity index is 3.49. The molecule has 0 rings (SSSR count). The molecule has 0 aliphatic carbocycles. The van der Waals surface area contributed by atoms with Crippen molar-refractivity contribution >= 4 is 11.9 Å². The van der Waals surface area contributed by atoms with Crippen molar-refractivity contribution < 1.29 is 19.1 Å². The summed E-state index contributed by atoms with van der Waals surface area (Å²) >= 11 is 0. The van der Waals surface area contributed by atoms with Crippen molar-refractivity contribution in [3.05, 3.63) is 12.2 Å². The van der Waals surface area contributed by atoms with Crippen LogP contribution in [0.2, 0.25) is 0 Å². The number of unbranched alkanes of at least 4 members (excludes halogenated alkanes) is 1. The van der Waals surface area contributed by atoms with E-state index in [2.05, 4.69) is 4.74 Å². The first-order valence-corrected chi connectivity index (χ1v) is 4.98. The molecule has 0 aliphatic rings. The molecule has 0 amide bonds. The number of methoxy groups -OCH3 is 1. The topological polar surface area (TPSA) is 52.6 Å². The summed E-state index contributed by atoms with van der Waals surface area (Å²) in [6, 6.07) is 0. The Morgan fingerprint density at radius 3 is 2.60 bits per heavy atom. The lowest BCUT2D eigenvalue weighted by atomic mass is 10.1. The standard InChI is InChI=1S/C11H18O4/c1-9(15-10(2)12)7-5-4-6-8-11(13)14-3/h6,8-9H,4-5,7H2,1-3H3/b8-6-/t9-/m0/s1. The molecule has 0 spiro atoms. The molecule has 0 aliphatic heterocycles. The van der Waals surface area contributed by atoms with E-state index in [4.69, 9.17) is 4.74 Å². The molecule has 0 unspecified atom stereocenters. The lowest BCUT2D eigenvalue weighted by Crippen LogP contribution is -2.11. The van der Waals surface area contributed by atoms with Crippen molar-refractivity contribution in [2.24, 2.45) is 0 Å². The Bertz CT molecular complexity index is 233. The van der Waals surface area contributed by atoms with Crippen LogP contribution in [-0.4, -0.2) is 25.2 Å². The van der Waals surface area contributed by atoms with Gasteiger partial charge in [0.2, 0.25) is 0 Å². The number of hydrogen-bond acceptors (Lipinski definition) is 4. The van der Waals surface area contributed by atoms with Crippen LogP contribution in [0.5, 0.6) is 0 Å². The van der Waals surface area contributed by atoms with Crippen molar-refractivity contribution in [3.63, 3.8) is 0 Å². The molecule has 0 saturated carbocycles. The maximum Gasteiger partial charge on any atom is 0.330 e. The highest BCUT2D eigenvalue weighted by molar-refractivity contribution is 5.81. The van der Waals surface area contributed by atoms with Gasteiger partial charge in [0.25, 0.3) is 0 Å². The van der Waals surface area contributed by atoms with Gasteiger partial charge in [0.15, 0.2) is 0 Å². The van der Waals surface area contributed by atoms with Crippen LogP contribution in [0.4, 0.5) is 0 Å². The molecule has 0 fully saturated rings. The number of allylic oxidation sites excluding steroid dienone is 1. The van der Waals surface area contributed by atoms with Gasteiger partial charge in [0.05, 0.1) is 13.2 Å². The molecular formula is C11H18O4. The van der Waals surface area contributed by atoms with Crippen molar-refractivity contribution in [3.8, 4) is 0 Å². The third-order valence-electron chi connectivity index (χ3n) is 1.80. The fourth-order valence-corrected chi connectivity index (χ4v) is 1.11. The molecule has 0 N–H and O–H groups in total. The van der Waals surface area contributed by atoms with Crippen LogP contribution >= 0.6 is 0 Å². The molecule has 0 radical (unpaired) electrons. The molecular weight excluding hydrogens is 196 g/mol. The number of ether oxygens (including phenoxy) is 2. The van der Waals surface area contributed by atoms with Crippen LogP contribution < -0.4 is 0 Å². The zero-order valence-electron chi connectivity index (χ0n) is 9.49. The largest absolute Gasteiger partial charge is 0.466 e. The SMILES string of the molecule is COC(=O)/C=C\CCC[C@H](C)OC(C)=O. The molecule has 0 saturated heterocycles. The van der Waals surface area contributed by atoms with Gasteiger partial charge in [-0.3, -0.25) is 4.79 Å². The first-order chi connectivity index (χ1) is 7.06. The minimum Gasteiger partial charge on any atom is -0.466 e. The summed E-state index contributed by atoms with van der Waals surface area (Å²) in [6.07, 6.45) is 5.55. The molecule has 0 heterocycles. The van der Waals surface area contributed by atoms with E-state index in [0.717, 1.165) is 19.3 Å². The zero-order chi connectivity index (χ0) is 11.7. The van der Waals surface area contributed by atoms with Gasteiger partial charge >= 0.3 is 11.9 Å². The zero-order valence-corrected chi connectivity index (χ0v) is 9.49. The summed E-state index contributed by atoms with van der Waals surface area (Å²) in [6.45, 7) is 3.25. The fraction of sp³-hybridized carbons (Fsp3) is 0.636. The molecule has 4 nitrogen and oxygen atoms in total. The summed E-state index contributed by atoms with van der Waals surface area (Å²) in [5.74, 6) is -0.601. The van der Waals surface area contributed by atoms with E-state index in [1.54, 1.807) is 6.08 Å². The summed E-state index contributed by atoms with van der Waals surface area (Å²) < 4.78 is 9.38. The van der Waals surface area contributed by atoms with Crippen LogP contribution in [0.25, 0.3) is 0 Å². The van der Waals surface area contributed by atoms with Crippen molar-refractivity contribution in [1.29, 1.82) is 0 Å². The van der Waals surface area contributed by atoms with Crippen molar-refractivity contribution in [1.82, 2.24) is 0 Å². The maximum absolute atomic E-state index is 10.7. The number of rotatable bonds is 6. The first-order valence-electron chi connectivity index (χ1n) is 4.98. The van der Waals surface area contributed by atoms with Gasteiger partial charge in [0, 0.05) is 13.0 Å². The second-order valence-corrected chi connectivity index (χ2v) is 3.28. The van der Waals surface area contributed by atoms with Gasteiger partial charge in [-0.1, -0.05) is 6.08 Å². The molecule has 0 aromatic heterocycles. The monoisotopic (exact) mass is 214 g/mol. The first kappa shape index (κ1) is 13.7. The third kappa shape index (κ3) is 9.00. The second-order valence-electron chi connectivity index (χ2n) is 3.28. The van der Waals surface area contributed by atoms with Gasteiger partial charge in [-0.2, -0.15) is 0 Å². The second kappa shape index (κ2) is 8.03. The maximum atomic E-state index is 10.7. The van der Waals surface area contributed by atoms with Gasteiger partial charge in [-0.15, -0.1) is 0 Å². The van der Waals surface area contributed by atoms with Crippen LogP contribution in [0.15, 0.2) is 12.2 Å². The van der Waals surface area contributed by atoms with Crippen LogP contribution in [-0.2, 0) is 19.1 Å². The van der Waals surface area contributed by atoms with Gasteiger partial charge in [-0.25, -0.2) is 4.79 Å². The highest BCUT2D eigenvalue weighted by atomic mass is 16.5. The Morgan fingerprint density at radius 1 is 1.40 bits per heavy atom. The van der Waals surface area contributed by atoms with E-state index in [1.807, 2.05) is 6.92 Å². The van der Waals surface area contributed by atoms with Gasteiger partial charge in [0.1, 0.15) is 0 Å². The quantitative estimate of drug-likeness (QED) is 0.384. The smallest absolute Gasteiger partial charge is 0.330 e. The average Bonchev–Trinajstić information content (AvgIpc) is 2.15. The molecule has 86 valence electrons. The van der Waals surface area contributed by atoms with E-state index in [0.29, 0.717) is 0 Å². The molecule has 0 aromatic carbocycles. The van der Waals surface area contributed by atoms with Crippen LogP contribution in [0, 0.1) is 0 Å². The molecule has 0 bridgehead atoms. The van der Waals surface area contributed by atoms with E-state index >= 15 is 0 Å². The predicted octanol–water partition coefficient (Wildman–Crippen LogP) is 1.84. The number of carbonyl (C=O) groups is 2. The lowest BCUT2D eigenvalue weighted by Gasteiger charge is -2.10. The Hall–Kier alpha value is -1.32. The Morgan fingerprint density at radius 2 is 2.07 bits per heavy atom. The molecule has 4 heteroatoms. The highest BCUT2D eigenvalue weighted by Crippen LogP contribution is 2.05. The predicted molar refractivity (Wildman–Crippen MR) is 56.2 cm³/mol. The summed E-state index contributed by atoms with van der Waals surface area (Å²) in [4.78, 5) is 21.2. The minimum absolute atomic E-state index is 0.0611. The van der Waals surface area contributed by atoms with Crippen LogP contribution in [0.1, 0.15) is 33.1 Å². The van der Waals surface area contributed by atoms with Gasteiger partial charge in [-0.05, 0) is 26.2 Å². The fourth-order valence-electron chi connectivity index (χ4n) is 1.11. The summed E-state index contributed by atoms with van der Waals surface area (Å²) in [5.41, 5.74) is 0. The molecule has 0 aromatic rings. The third-order valence-corrected chi connectivity index (χ3v) is 1.80. The van der Waals surface area contributed by atoms with Crippen LogP contribution in [0.3, 0.4) is 0 Å². The number of hydrogen-bond donors (Lipinski definition) is 0. The lowest BCUT2D eigenvalue weighted by molar-refractivity contribution is -0.145. The number of esters is 2. The van der Waals surface area contributed by atoms with Crippen molar-refractivity contribution in [2.75, 3.05) is 7.11 Å². The molecule has 1 atom stereocenters. The van der Waals surface area contributed by atoms with Gasteiger partial charge < -0.3 is 9.47 Å². The summed E-state index contributed by atoms with van der Waals surface area (Å²) in [5, 5.41) is 0. The highest BCUT2D eigenvalue weighted by Gasteiger charge is 2.03. The minimum atomic E-state index is -0.344. The van der Waals surface area contributed by atoms with E-state index in [9.17, 15) is 9.59 Å². The average molecular weight is 214 g/mol. The Labute approximate surface area is 90.2 Å².